The van der Waals surface area contributed by atoms with Gasteiger partial charge in [0.1, 0.15) is 0 Å². The van der Waals surface area contributed by atoms with Gasteiger partial charge in [-0.05, 0) is 42.8 Å². The number of nitrogen functional groups attached to an aromatic ring is 1. The Morgan fingerprint density at radius 3 is 2.90 bits per heavy atom. The maximum Gasteiger partial charge on any atom is 0.261 e. The number of thiophene rings is 1. The Morgan fingerprint density at radius 2 is 2.25 bits per heavy atom. The number of hydrogen-bond donors (Lipinski definition) is 3. The van der Waals surface area contributed by atoms with Crippen molar-refractivity contribution in [1.29, 1.82) is 0 Å². The summed E-state index contributed by atoms with van der Waals surface area (Å²) >= 11 is 2.99. The smallest absolute Gasteiger partial charge is 0.261 e. The molecule has 1 aromatic heterocycles. The van der Waals surface area contributed by atoms with Crippen LogP contribution < -0.4 is 11.1 Å². The molecule has 0 saturated heterocycles. The van der Waals surface area contributed by atoms with E-state index in [1.165, 1.54) is 11.3 Å². The fourth-order valence-electron chi connectivity index (χ4n) is 1.98. The van der Waals surface area contributed by atoms with Gasteiger partial charge in [0.25, 0.3) is 5.91 Å². The second-order valence-electron chi connectivity index (χ2n) is 4.63. The number of thioether (sulfide) groups is 1. The summed E-state index contributed by atoms with van der Waals surface area (Å²) in [6, 6.07) is 7.39. The SMILES string of the molecule is CSC(CO)C(C)NC(=O)c1cc2cc(N)ccc2s1. The van der Waals surface area contributed by atoms with Crippen molar-refractivity contribution in [3.63, 3.8) is 0 Å². The van der Waals surface area contributed by atoms with E-state index in [4.69, 9.17) is 5.73 Å². The molecule has 0 saturated carbocycles. The summed E-state index contributed by atoms with van der Waals surface area (Å²) in [7, 11) is 0. The van der Waals surface area contributed by atoms with Crippen LogP contribution in [0.15, 0.2) is 24.3 Å². The average Bonchev–Trinajstić information content (AvgIpc) is 2.83. The lowest BCUT2D eigenvalue weighted by atomic mass is 10.2. The lowest BCUT2D eigenvalue weighted by molar-refractivity contribution is 0.0940. The van der Waals surface area contributed by atoms with Crippen LogP contribution in [0, 0.1) is 0 Å². The van der Waals surface area contributed by atoms with Gasteiger partial charge in [-0.2, -0.15) is 11.8 Å². The van der Waals surface area contributed by atoms with E-state index in [9.17, 15) is 9.90 Å². The second-order valence-corrected chi connectivity index (χ2v) is 6.79. The van der Waals surface area contributed by atoms with Crippen LogP contribution in [0.3, 0.4) is 0 Å². The number of carbonyl (C=O) groups excluding carboxylic acids is 1. The highest BCUT2D eigenvalue weighted by molar-refractivity contribution is 7.99. The normalized spacial score (nSPS) is 14.2. The third-order valence-electron chi connectivity index (χ3n) is 3.16. The van der Waals surface area contributed by atoms with E-state index in [1.54, 1.807) is 11.8 Å². The zero-order valence-corrected chi connectivity index (χ0v) is 13.1. The number of anilines is 1. The molecule has 4 N–H and O–H groups in total. The average molecular weight is 310 g/mol. The minimum absolute atomic E-state index is 0.00368. The molecule has 2 rings (SSSR count). The molecule has 0 fully saturated rings. The van der Waals surface area contributed by atoms with Crippen LogP contribution in [-0.4, -0.2) is 35.2 Å². The van der Waals surface area contributed by atoms with E-state index < -0.39 is 0 Å². The van der Waals surface area contributed by atoms with Crippen LogP contribution in [0.2, 0.25) is 0 Å². The molecule has 0 aliphatic rings. The molecule has 1 amide bonds. The molecule has 1 aromatic carbocycles. The minimum atomic E-state index is -0.107. The Labute approximate surface area is 126 Å². The fourth-order valence-corrected chi connectivity index (χ4v) is 3.55. The number of carbonyl (C=O) groups is 1. The number of nitrogens with two attached hydrogens (primary N) is 1. The lowest BCUT2D eigenvalue weighted by Gasteiger charge is -2.20. The summed E-state index contributed by atoms with van der Waals surface area (Å²) < 4.78 is 1.04. The maximum atomic E-state index is 12.2. The Balaban J connectivity index is 2.15. The Kier molecular flexibility index (Phi) is 4.91. The Hall–Kier alpha value is -1.24. The Bertz CT molecular complexity index is 608. The maximum absolute atomic E-state index is 12.2. The molecule has 0 aliphatic carbocycles. The molecule has 2 aromatic rings. The molecule has 0 aliphatic heterocycles. The first-order valence-corrected chi connectivity index (χ1v) is 8.39. The highest BCUT2D eigenvalue weighted by Crippen LogP contribution is 2.27. The van der Waals surface area contributed by atoms with Crippen molar-refractivity contribution >= 4 is 44.8 Å². The quantitative estimate of drug-likeness (QED) is 0.741. The first-order valence-electron chi connectivity index (χ1n) is 6.28. The van der Waals surface area contributed by atoms with E-state index in [1.807, 2.05) is 37.4 Å². The number of amides is 1. The van der Waals surface area contributed by atoms with Gasteiger partial charge in [-0.3, -0.25) is 4.79 Å². The first-order chi connectivity index (χ1) is 9.55. The monoisotopic (exact) mass is 310 g/mol. The van der Waals surface area contributed by atoms with Crippen molar-refractivity contribution in [3.8, 4) is 0 Å². The summed E-state index contributed by atoms with van der Waals surface area (Å²) in [5.74, 6) is -0.107. The molecule has 0 radical (unpaired) electrons. The Morgan fingerprint density at radius 1 is 1.50 bits per heavy atom. The second kappa shape index (κ2) is 6.47. The molecule has 2 atom stereocenters. The van der Waals surface area contributed by atoms with Gasteiger partial charge in [0.15, 0.2) is 0 Å². The molecule has 0 spiro atoms. The van der Waals surface area contributed by atoms with Crippen molar-refractivity contribution in [1.82, 2.24) is 5.32 Å². The minimum Gasteiger partial charge on any atom is -0.399 e. The number of hydrogen-bond acceptors (Lipinski definition) is 5. The highest BCUT2D eigenvalue weighted by atomic mass is 32.2. The third kappa shape index (κ3) is 3.26. The van der Waals surface area contributed by atoms with Crippen molar-refractivity contribution < 1.29 is 9.90 Å². The molecule has 108 valence electrons. The number of rotatable bonds is 5. The summed E-state index contributed by atoms with van der Waals surface area (Å²) in [6.07, 6.45) is 1.92. The summed E-state index contributed by atoms with van der Waals surface area (Å²) in [5, 5.41) is 13.2. The largest absolute Gasteiger partial charge is 0.399 e. The van der Waals surface area contributed by atoms with E-state index in [-0.39, 0.29) is 23.8 Å². The van der Waals surface area contributed by atoms with Crippen molar-refractivity contribution in [3.05, 3.63) is 29.1 Å². The molecular formula is C14H18N2O2S2. The van der Waals surface area contributed by atoms with Crippen molar-refractivity contribution in [2.75, 3.05) is 18.6 Å². The van der Waals surface area contributed by atoms with Gasteiger partial charge in [-0.15, -0.1) is 11.3 Å². The molecular weight excluding hydrogens is 292 g/mol. The number of aliphatic hydroxyl groups is 1. The number of fused-ring (bicyclic) bond motifs is 1. The lowest BCUT2D eigenvalue weighted by Crippen LogP contribution is -2.40. The topological polar surface area (TPSA) is 75.3 Å². The van der Waals surface area contributed by atoms with Gasteiger partial charge < -0.3 is 16.2 Å². The predicted octanol–water partition coefficient (Wildman–Crippen LogP) is 2.33. The third-order valence-corrected chi connectivity index (χ3v) is 5.44. The highest BCUT2D eigenvalue weighted by Gasteiger charge is 2.19. The molecule has 20 heavy (non-hydrogen) atoms. The number of nitrogens with one attached hydrogen (secondary N) is 1. The summed E-state index contributed by atoms with van der Waals surface area (Å²) in [6.45, 7) is 1.95. The fraction of sp³-hybridized carbons (Fsp3) is 0.357. The van der Waals surface area contributed by atoms with Gasteiger partial charge in [-0.1, -0.05) is 0 Å². The molecule has 1 heterocycles. The standard InChI is InChI=1S/C14H18N2O2S2/c1-8(13(7-17)19-2)16-14(18)12-6-9-5-10(15)3-4-11(9)20-12/h3-6,8,13,17H,7,15H2,1-2H3,(H,16,18). The van der Waals surface area contributed by atoms with Crippen LogP contribution in [0.1, 0.15) is 16.6 Å². The van der Waals surface area contributed by atoms with Crippen LogP contribution in [0.5, 0.6) is 0 Å². The zero-order valence-electron chi connectivity index (χ0n) is 11.4. The molecule has 6 heteroatoms. The summed E-state index contributed by atoms with van der Waals surface area (Å²) in [5.41, 5.74) is 6.43. The van der Waals surface area contributed by atoms with E-state index >= 15 is 0 Å². The summed E-state index contributed by atoms with van der Waals surface area (Å²) in [4.78, 5) is 12.9. The van der Waals surface area contributed by atoms with Gasteiger partial charge in [0.2, 0.25) is 0 Å². The van der Waals surface area contributed by atoms with E-state index in [2.05, 4.69) is 5.32 Å². The van der Waals surface area contributed by atoms with Gasteiger partial charge in [-0.25, -0.2) is 0 Å². The number of benzene rings is 1. The van der Waals surface area contributed by atoms with Crippen LogP contribution in [-0.2, 0) is 0 Å². The first kappa shape index (κ1) is 15.2. The molecule has 4 nitrogen and oxygen atoms in total. The van der Waals surface area contributed by atoms with E-state index in [0.717, 1.165) is 10.1 Å². The van der Waals surface area contributed by atoms with Gasteiger partial charge in [0, 0.05) is 21.7 Å². The zero-order chi connectivity index (χ0) is 14.7. The molecule has 2 unspecified atom stereocenters. The van der Waals surface area contributed by atoms with Crippen LogP contribution in [0.25, 0.3) is 10.1 Å². The predicted molar refractivity (Wildman–Crippen MR) is 87.6 cm³/mol. The molecule has 0 bridgehead atoms. The van der Waals surface area contributed by atoms with Crippen molar-refractivity contribution in [2.24, 2.45) is 0 Å². The van der Waals surface area contributed by atoms with Gasteiger partial charge in [0.05, 0.1) is 11.5 Å². The van der Waals surface area contributed by atoms with Crippen molar-refractivity contribution in [2.45, 2.75) is 18.2 Å². The van der Waals surface area contributed by atoms with Crippen LogP contribution >= 0.6 is 23.1 Å². The number of aliphatic hydroxyl groups excluding tert-OH is 1. The van der Waals surface area contributed by atoms with E-state index in [0.29, 0.717) is 10.6 Å². The van der Waals surface area contributed by atoms with Gasteiger partial charge >= 0.3 is 0 Å². The van der Waals surface area contributed by atoms with Crippen LogP contribution in [0.4, 0.5) is 5.69 Å².